The van der Waals surface area contributed by atoms with Gasteiger partial charge in [0.25, 0.3) is 0 Å². The molecule has 1 N–H and O–H groups in total. The lowest BCUT2D eigenvalue weighted by atomic mass is 10.0. The fourth-order valence-corrected chi connectivity index (χ4v) is 4.57. The molecule has 2 heterocycles. The molecule has 36 heavy (non-hydrogen) atoms. The highest BCUT2D eigenvalue weighted by Crippen LogP contribution is 2.29. The number of anilines is 1. The number of nitrogens with one attached hydrogen (secondary N) is 1. The van der Waals surface area contributed by atoms with E-state index in [1.807, 2.05) is 95.6 Å². The van der Waals surface area contributed by atoms with Crippen LogP contribution in [0.2, 0.25) is 0 Å². The zero-order chi connectivity index (χ0) is 24.7. The van der Waals surface area contributed by atoms with Crippen LogP contribution >= 0.6 is 11.8 Å². The van der Waals surface area contributed by atoms with Crippen molar-refractivity contribution in [3.8, 4) is 28.3 Å². The lowest BCUT2D eigenvalue weighted by Crippen LogP contribution is -2.15. The number of hydrogen-bond donors (Lipinski definition) is 1. The zero-order valence-electron chi connectivity index (χ0n) is 19.6. The molecule has 3 aromatic carbocycles. The smallest absolute Gasteiger partial charge is 0.234 e. The number of ether oxygens (including phenoxy) is 1. The van der Waals surface area contributed by atoms with E-state index in [2.05, 4.69) is 15.5 Å². The number of methoxy groups -OCH3 is 1. The molecule has 1 amide bonds. The first-order valence-corrected chi connectivity index (χ1v) is 12.4. The highest BCUT2D eigenvalue weighted by Gasteiger charge is 2.18. The van der Waals surface area contributed by atoms with Crippen molar-refractivity contribution in [2.45, 2.75) is 11.7 Å². The van der Waals surface area contributed by atoms with Gasteiger partial charge in [-0.2, -0.15) is 0 Å². The van der Waals surface area contributed by atoms with Gasteiger partial charge >= 0.3 is 0 Å². The van der Waals surface area contributed by atoms with Crippen LogP contribution in [0.25, 0.3) is 22.5 Å². The summed E-state index contributed by atoms with van der Waals surface area (Å²) in [6, 6.07) is 29.1. The third-order valence-electron chi connectivity index (χ3n) is 5.58. The van der Waals surface area contributed by atoms with Gasteiger partial charge in [0.1, 0.15) is 11.5 Å². The van der Waals surface area contributed by atoms with Crippen molar-refractivity contribution >= 4 is 23.4 Å². The van der Waals surface area contributed by atoms with Crippen molar-refractivity contribution < 1.29 is 13.9 Å². The fourth-order valence-electron chi connectivity index (χ4n) is 3.83. The van der Waals surface area contributed by atoms with E-state index in [1.54, 1.807) is 13.4 Å². The molecule has 180 valence electrons. The number of para-hydroxylation sites is 1. The minimum atomic E-state index is -0.123. The van der Waals surface area contributed by atoms with E-state index in [-0.39, 0.29) is 11.7 Å². The number of carbonyl (C=O) groups excluding carboxylic acids is 1. The number of benzene rings is 3. The maximum absolute atomic E-state index is 12.9. The summed E-state index contributed by atoms with van der Waals surface area (Å²) < 4.78 is 12.8. The summed E-state index contributed by atoms with van der Waals surface area (Å²) in [4.78, 5) is 12.9. The average Bonchev–Trinajstić information content (AvgIpc) is 3.59. The Bertz CT molecular complexity index is 1430. The molecule has 8 heteroatoms. The summed E-state index contributed by atoms with van der Waals surface area (Å²) in [6.45, 7) is 0.447. The molecule has 0 aliphatic carbocycles. The minimum absolute atomic E-state index is 0.123. The van der Waals surface area contributed by atoms with Gasteiger partial charge in [0.05, 0.1) is 25.7 Å². The van der Waals surface area contributed by atoms with Crippen LogP contribution in [0.4, 0.5) is 5.69 Å². The first-order chi connectivity index (χ1) is 17.7. The number of amides is 1. The molecule has 0 bridgehead atoms. The summed E-state index contributed by atoms with van der Waals surface area (Å²) in [5.41, 5.74) is 3.68. The number of furan rings is 1. The van der Waals surface area contributed by atoms with Gasteiger partial charge in [-0.05, 0) is 48.0 Å². The molecule has 0 saturated carbocycles. The van der Waals surface area contributed by atoms with E-state index < -0.39 is 0 Å². The van der Waals surface area contributed by atoms with E-state index in [0.29, 0.717) is 17.5 Å². The molecular weight excluding hydrogens is 472 g/mol. The van der Waals surface area contributed by atoms with Crippen LogP contribution in [0.15, 0.2) is 107 Å². The number of nitrogens with zero attached hydrogens (tertiary/aromatic N) is 3. The summed E-state index contributed by atoms with van der Waals surface area (Å²) in [5.74, 6) is 2.28. The van der Waals surface area contributed by atoms with Crippen molar-refractivity contribution in [1.29, 1.82) is 0 Å². The lowest BCUT2D eigenvalue weighted by Gasteiger charge is -2.12. The van der Waals surface area contributed by atoms with Crippen LogP contribution in [-0.4, -0.2) is 33.5 Å². The number of thioether (sulfide) groups is 1. The lowest BCUT2D eigenvalue weighted by molar-refractivity contribution is -0.113. The van der Waals surface area contributed by atoms with Crippen molar-refractivity contribution in [3.63, 3.8) is 0 Å². The topological polar surface area (TPSA) is 82.2 Å². The molecule has 5 rings (SSSR count). The first kappa shape index (κ1) is 23.4. The monoisotopic (exact) mass is 496 g/mol. The van der Waals surface area contributed by atoms with E-state index in [4.69, 9.17) is 9.15 Å². The van der Waals surface area contributed by atoms with Gasteiger partial charge in [-0.1, -0.05) is 60.3 Å². The van der Waals surface area contributed by atoms with Crippen molar-refractivity contribution in [1.82, 2.24) is 14.8 Å². The van der Waals surface area contributed by atoms with Crippen LogP contribution in [0.3, 0.4) is 0 Å². The standard InChI is InChI=1S/C28H24N4O3S/c1-34-22-15-13-21(14-16-22)27-30-31-28(32(27)18-23-10-7-17-35-23)36-19-26(33)29-25-12-6-5-11-24(25)20-8-3-2-4-9-20/h2-17H,18-19H2,1H3,(H,29,33). The normalized spacial score (nSPS) is 10.8. The number of carbonyl (C=O) groups is 1. The molecule has 0 unspecified atom stereocenters. The van der Waals surface area contributed by atoms with Crippen LogP contribution in [-0.2, 0) is 11.3 Å². The molecule has 7 nitrogen and oxygen atoms in total. The Hall–Kier alpha value is -4.30. The van der Waals surface area contributed by atoms with E-state index in [1.165, 1.54) is 11.8 Å². The molecule has 0 saturated heterocycles. The quantitative estimate of drug-likeness (QED) is 0.252. The molecular formula is C28H24N4O3S. The molecule has 0 atom stereocenters. The second kappa shape index (κ2) is 11.0. The first-order valence-electron chi connectivity index (χ1n) is 11.4. The SMILES string of the molecule is COc1ccc(-c2nnc(SCC(=O)Nc3ccccc3-c3ccccc3)n2Cc2ccco2)cc1. The van der Waals surface area contributed by atoms with Gasteiger partial charge < -0.3 is 14.5 Å². The highest BCUT2D eigenvalue weighted by molar-refractivity contribution is 7.99. The largest absolute Gasteiger partial charge is 0.497 e. The third-order valence-corrected chi connectivity index (χ3v) is 6.54. The Morgan fingerprint density at radius 2 is 1.69 bits per heavy atom. The summed E-state index contributed by atoms with van der Waals surface area (Å²) >= 11 is 1.33. The summed E-state index contributed by atoms with van der Waals surface area (Å²) in [6.07, 6.45) is 1.64. The van der Waals surface area contributed by atoms with Crippen LogP contribution in [0, 0.1) is 0 Å². The Morgan fingerprint density at radius 1 is 0.917 bits per heavy atom. The van der Waals surface area contributed by atoms with Gasteiger partial charge in [-0.25, -0.2) is 0 Å². The second-order valence-electron chi connectivity index (χ2n) is 7.95. The molecule has 0 aliphatic heterocycles. The maximum atomic E-state index is 12.9. The fraction of sp³-hybridized carbons (Fsp3) is 0.107. The molecule has 0 spiro atoms. The van der Waals surface area contributed by atoms with Crippen LogP contribution < -0.4 is 10.1 Å². The van der Waals surface area contributed by atoms with E-state index >= 15 is 0 Å². The van der Waals surface area contributed by atoms with E-state index in [0.717, 1.165) is 33.9 Å². The van der Waals surface area contributed by atoms with Crippen molar-refractivity contribution in [2.75, 3.05) is 18.2 Å². The number of aromatic nitrogens is 3. The number of hydrogen-bond acceptors (Lipinski definition) is 6. The second-order valence-corrected chi connectivity index (χ2v) is 8.89. The van der Waals surface area contributed by atoms with Crippen molar-refractivity contribution in [2.24, 2.45) is 0 Å². The third kappa shape index (κ3) is 5.34. The highest BCUT2D eigenvalue weighted by atomic mass is 32.2. The van der Waals surface area contributed by atoms with Gasteiger partial charge in [-0.3, -0.25) is 9.36 Å². The molecule has 0 radical (unpaired) electrons. The van der Waals surface area contributed by atoms with Gasteiger partial charge in [0.15, 0.2) is 11.0 Å². The Kier molecular flexibility index (Phi) is 7.14. The zero-order valence-corrected chi connectivity index (χ0v) is 20.4. The van der Waals surface area contributed by atoms with Crippen molar-refractivity contribution in [3.05, 3.63) is 103 Å². The van der Waals surface area contributed by atoms with Gasteiger partial charge in [-0.15, -0.1) is 10.2 Å². The molecule has 0 aliphatic rings. The Morgan fingerprint density at radius 3 is 2.44 bits per heavy atom. The van der Waals surface area contributed by atoms with Gasteiger partial charge in [0, 0.05) is 16.8 Å². The molecule has 2 aromatic heterocycles. The van der Waals surface area contributed by atoms with Crippen LogP contribution in [0.1, 0.15) is 5.76 Å². The predicted octanol–water partition coefficient (Wildman–Crippen LogP) is 5.99. The summed E-state index contributed by atoms with van der Waals surface area (Å²) in [7, 11) is 1.63. The summed E-state index contributed by atoms with van der Waals surface area (Å²) in [5, 5.41) is 12.5. The van der Waals surface area contributed by atoms with Gasteiger partial charge in [0.2, 0.25) is 5.91 Å². The van der Waals surface area contributed by atoms with Crippen LogP contribution in [0.5, 0.6) is 5.75 Å². The van der Waals surface area contributed by atoms with E-state index in [9.17, 15) is 4.79 Å². The minimum Gasteiger partial charge on any atom is -0.497 e. The predicted molar refractivity (Wildman–Crippen MR) is 141 cm³/mol. The Labute approximate surface area is 213 Å². The molecule has 5 aromatic rings. The maximum Gasteiger partial charge on any atom is 0.234 e. The number of rotatable bonds is 9. The molecule has 0 fully saturated rings. The Balaban J connectivity index is 1.34. The average molecular weight is 497 g/mol.